The Kier molecular flexibility index (Phi) is 3.47. The minimum absolute atomic E-state index is 0.628. The quantitative estimate of drug-likeness (QED) is 0.806. The lowest BCUT2D eigenvalue weighted by atomic mass is 10.2. The summed E-state index contributed by atoms with van der Waals surface area (Å²) >= 11 is 9.42. The zero-order valence-corrected chi connectivity index (χ0v) is 10.1. The van der Waals surface area contributed by atoms with E-state index in [1.807, 2.05) is 18.2 Å². The third-order valence-electron chi connectivity index (χ3n) is 2.32. The maximum Gasteiger partial charge on any atom is 0.0731 e. The highest BCUT2D eigenvalue weighted by molar-refractivity contribution is 9.10. The lowest BCUT2D eigenvalue weighted by Crippen LogP contribution is -1.97. The van der Waals surface area contributed by atoms with Gasteiger partial charge in [-0.25, -0.2) is 0 Å². The van der Waals surface area contributed by atoms with Gasteiger partial charge < -0.3 is 4.74 Å². The first-order valence-electron chi connectivity index (χ1n) is 4.77. The van der Waals surface area contributed by atoms with Crippen molar-refractivity contribution in [1.82, 2.24) is 0 Å². The van der Waals surface area contributed by atoms with Gasteiger partial charge in [0.2, 0.25) is 0 Å². The molecule has 1 aromatic rings. The summed E-state index contributed by atoms with van der Waals surface area (Å²) in [4.78, 5) is 0. The van der Waals surface area contributed by atoms with E-state index in [4.69, 9.17) is 16.3 Å². The topological polar surface area (TPSA) is 9.23 Å². The molecule has 14 heavy (non-hydrogen) atoms. The zero-order chi connectivity index (χ0) is 9.97. The van der Waals surface area contributed by atoms with Crippen LogP contribution in [0, 0.1) is 5.92 Å². The van der Waals surface area contributed by atoms with Gasteiger partial charge in [-0.1, -0.05) is 33.6 Å². The van der Waals surface area contributed by atoms with Crippen LogP contribution in [0.3, 0.4) is 0 Å². The Morgan fingerprint density at radius 3 is 2.86 bits per heavy atom. The van der Waals surface area contributed by atoms with Gasteiger partial charge in [-0.2, -0.15) is 0 Å². The standard InChI is InChI=1S/C11H12BrClO/c12-10-4-3-9(11(13)5-10)7-14-6-8-1-2-8/h3-5,8H,1-2,6-7H2. The van der Waals surface area contributed by atoms with Crippen LogP contribution in [0.1, 0.15) is 18.4 Å². The third kappa shape index (κ3) is 2.97. The molecule has 0 aliphatic heterocycles. The molecule has 1 fully saturated rings. The largest absolute Gasteiger partial charge is 0.376 e. The molecule has 0 amide bonds. The van der Waals surface area contributed by atoms with Crippen LogP contribution < -0.4 is 0 Å². The Balaban J connectivity index is 1.87. The van der Waals surface area contributed by atoms with Crippen molar-refractivity contribution in [2.24, 2.45) is 5.92 Å². The highest BCUT2D eigenvalue weighted by Crippen LogP contribution is 2.29. The second-order valence-electron chi connectivity index (χ2n) is 3.69. The number of hydrogen-bond acceptors (Lipinski definition) is 1. The van der Waals surface area contributed by atoms with Gasteiger partial charge in [-0.3, -0.25) is 0 Å². The maximum absolute atomic E-state index is 6.05. The van der Waals surface area contributed by atoms with Gasteiger partial charge in [0.15, 0.2) is 0 Å². The molecule has 76 valence electrons. The van der Waals surface area contributed by atoms with Gasteiger partial charge in [0.05, 0.1) is 6.61 Å². The molecular formula is C11H12BrClO. The summed E-state index contributed by atoms with van der Waals surface area (Å²) in [7, 11) is 0. The van der Waals surface area contributed by atoms with Gasteiger partial charge in [-0.15, -0.1) is 0 Å². The van der Waals surface area contributed by atoms with Crippen molar-refractivity contribution in [3.8, 4) is 0 Å². The average Bonchev–Trinajstić information content (AvgIpc) is 2.92. The number of benzene rings is 1. The van der Waals surface area contributed by atoms with Crippen molar-refractivity contribution in [3.05, 3.63) is 33.3 Å². The van der Waals surface area contributed by atoms with Gasteiger partial charge in [-0.05, 0) is 36.5 Å². The highest BCUT2D eigenvalue weighted by Gasteiger charge is 2.21. The van der Waals surface area contributed by atoms with Crippen LogP contribution in [0.15, 0.2) is 22.7 Å². The Bertz CT molecular complexity index is 323. The summed E-state index contributed by atoms with van der Waals surface area (Å²) in [5, 5.41) is 0.773. The van der Waals surface area contributed by atoms with E-state index in [0.29, 0.717) is 6.61 Å². The fourth-order valence-electron chi connectivity index (χ4n) is 1.26. The van der Waals surface area contributed by atoms with Crippen molar-refractivity contribution < 1.29 is 4.74 Å². The lowest BCUT2D eigenvalue weighted by Gasteiger charge is -2.05. The molecule has 1 aromatic carbocycles. The highest BCUT2D eigenvalue weighted by atomic mass is 79.9. The van der Waals surface area contributed by atoms with Crippen molar-refractivity contribution in [3.63, 3.8) is 0 Å². The van der Waals surface area contributed by atoms with Gasteiger partial charge >= 0.3 is 0 Å². The predicted molar refractivity (Wildman–Crippen MR) is 61.5 cm³/mol. The zero-order valence-electron chi connectivity index (χ0n) is 7.80. The molecule has 0 aromatic heterocycles. The number of hydrogen-bond donors (Lipinski definition) is 0. The minimum atomic E-state index is 0.628. The van der Waals surface area contributed by atoms with E-state index in [-0.39, 0.29) is 0 Å². The lowest BCUT2D eigenvalue weighted by molar-refractivity contribution is 0.111. The molecule has 0 spiro atoms. The summed E-state index contributed by atoms with van der Waals surface area (Å²) in [6, 6.07) is 5.89. The molecule has 0 heterocycles. The van der Waals surface area contributed by atoms with E-state index >= 15 is 0 Å². The number of halogens is 2. The predicted octanol–water partition coefficient (Wildman–Crippen LogP) is 4.03. The van der Waals surface area contributed by atoms with E-state index < -0.39 is 0 Å². The Hall–Kier alpha value is -0.0500. The summed E-state index contributed by atoms with van der Waals surface area (Å²) < 4.78 is 6.57. The molecule has 3 heteroatoms. The van der Waals surface area contributed by atoms with Crippen LogP contribution in [0.4, 0.5) is 0 Å². The molecule has 2 rings (SSSR count). The summed E-state index contributed by atoms with van der Waals surface area (Å²) in [6.07, 6.45) is 2.65. The van der Waals surface area contributed by atoms with Crippen LogP contribution >= 0.6 is 27.5 Å². The Labute approximate surface area is 97.5 Å². The Morgan fingerprint density at radius 2 is 2.21 bits per heavy atom. The summed E-state index contributed by atoms with van der Waals surface area (Å²) in [6.45, 7) is 1.51. The molecule has 1 aliphatic carbocycles. The molecule has 0 unspecified atom stereocenters. The first-order valence-corrected chi connectivity index (χ1v) is 5.94. The summed E-state index contributed by atoms with van der Waals surface area (Å²) in [5.74, 6) is 0.809. The van der Waals surface area contributed by atoms with E-state index in [1.165, 1.54) is 12.8 Å². The molecular weight excluding hydrogens is 263 g/mol. The molecule has 1 nitrogen and oxygen atoms in total. The van der Waals surface area contributed by atoms with Crippen LogP contribution in [0.5, 0.6) is 0 Å². The Morgan fingerprint density at radius 1 is 1.43 bits per heavy atom. The maximum atomic E-state index is 6.05. The SMILES string of the molecule is Clc1cc(Br)ccc1COCC1CC1. The monoisotopic (exact) mass is 274 g/mol. The first-order chi connectivity index (χ1) is 6.75. The second kappa shape index (κ2) is 4.65. The molecule has 0 saturated heterocycles. The molecule has 1 saturated carbocycles. The van der Waals surface area contributed by atoms with Gasteiger partial charge in [0, 0.05) is 16.1 Å². The smallest absolute Gasteiger partial charge is 0.0731 e. The molecule has 1 aliphatic rings. The van der Waals surface area contributed by atoms with Crippen molar-refractivity contribution in [2.45, 2.75) is 19.4 Å². The minimum Gasteiger partial charge on any atom is -0.376 e. The second-order valence-corrected chi connectivity index (χ2v) is 5.02. The summed E-state index contributed by atoms with van der Waals surface area (Å²) in [5.41, 5.74) is 1.07. The normalized spacial score (nSPS) is 15.9. The number of rotatable bonds is 4. The molecule has 0 atom stereocenters. The van der Waals surface area contributed by atoms with Gasteiger partial charge in [0.25, 0.3) is 0 Å². The van der Waals surface area contributed by atoms with Crippen LogP contribution in [0.2, 0.25) is 5.02 Å². The third-order valence-corrected chi connectivity index (χ3v) is 3.17. The van der Waals surface area contributed by atoms with E-state index in [1.54, 1.807) is 0 Å². The first kappa shape index (κ1) is 10.5. The van der Waals surface area contributed by atoms with E-state index in [0.717, 1.165) is 27.6 Å². The van der Waals surface area contributed by atoms with E-state index in [9.17, 15) is 0 Å². The fraction of sp³-hybridized carbons (Fsp3) is 0.455. The fourth-order valence-corrected chi connectivity index (χ4v) is 1.99. The van der Waals surface area contributed by atoms with Crippen molar-refractivity contribution in [2.75, 3.05) is 6.61 Å². The average molecular weight is 276 g/mol. The van der Waals surface area contributed by atoms with Crippen LogP contribution in [-0.2, 0) is 11.3 Å². The van der Waals surface area contributed by atoms with Crippen LogP contribution in [-0.4, -0.2) is 6.61 Å². The molecule has 0 N–H and O–H groups in total. The van der Waals surface area contributed by atoms with E-state index in [2.05, 4.69) is 15.9 Å². The molecule has 0 radical (unpaired) electrons. The van der Waals surface area contributed by atoms with Gasteiger partial charge in [0.1, 0.15) is 0 Å². The van der Waals surface area contributed by atoms with Crippen molar-refractivity contribution >= 4 is 27.5 Å². The van der Waals surface area contributed by atoms with Crippen LogP contribution in [0.25, 0.3) is 0 Å². The van der Waals surface area contributed by atoms with Crippen molar-refractivity contribution in [1.29, 1.82) is 0 Å². The molecule has 0 bridgehead atoms. The number of ether oxygens (including phenoxy) is 1.